The Hall–Kier alpha value is -1.38. The third kappa shape index (κ3) is 1.69. The molecule has 3 nitrogen and oxygen atoms in total. The molecule has 0 aromatic carbocycles. The van der Waals surface area contributed by atoms with Crippen LogP contribution in [0, 0.1) is 5.92 Å². The third-order valence-corrected chi connectivity index (χ3v) is 2.31. The quantitative estimate of drug-likeness (QED) is 0.513. The monoisotopic (exact) mass is 177 g/mol. The Labute approximate surface area is 76.4 Å². The minimum absolute atomic E-state index is 0.0353. The Bertz CT molecular complexity index is 314. The lowest BCUT2D eigenvalue weighted by Gasteiger charge is -2.13. The zero-order valence-corrected chi connectivity index (χ0v) is 7.27. The average Bonchev–Trinajstić information content (AvgIpc) is 2.71. The topological polar surface area (TPSA) is 43.1 Å². The van der Waals surface area contributed by atoms with Crippen molar-refractivity contribution in [3.8, 4) is 0 Å². The van der Waals surface area contributed by atoms with Gasteiger partial charge in [0.05, 0.1) is 11.8 Å². The number of carbonyl (C=O) groups is 1. The number of hydrogen-bond acceptors (Lipinski definition) is 3. The summed E-state index contributed by atoms with van der Waals surface area (Å²) in [7, 11) is 0. The summed E-state index contributed by atoms with van der Waals surface area (Å²) >= 11 is 0. The van der Waals surface area contributed by atoms with Crippen molar-refractivity contribution in [1.29, 1.82) is 0 Å². The van der Waals surface area contributed by atoms with Gasteiger partial charge in [-0.15, -0.1) is 0 Å². The highest BCUT2D eigenvalue weighted by Crippen LogP contribution is 2.20. The molecule has 1 aliphatic carbocycles. The molecular formula is C10H11NO2. The standard InChI is InChI=1S/C10H11NO2/c12-10(9-6-11-13-7-9)8-4-2-1-3-5-8/h2,4,6-8H,1,3,5H2. The minimum atomic E-state index is 0.0353. The van der Waals surface area contributed by atoms with Gasteiger partial charge in [0.25, 0.3) is 0 Å². The van der Waals surface area contributed by atoms with Crippen LogP contribution >= 0.6 is 0 Å². The van der Waals surface area contributed by atoms with Crippen LogP contribution in [0.5, 0.6) is 0 Å². The van der Waals surface area contributed by atoms with E-state index in [0.29, 0.717) is 5.56 Å². The number of hydrogen-bond donors (Lipinski definition) is 0. The van der Waals surface area contributed by atoms with E-state index in [0.717, 1.165) is 19.3 Å². The van der Waals surface area contributed by atoms with Crippen LogP contribution in [0.3, 0.4) is 0 Å². The molecule has 0 bridgehead atoms. The molecule has 1 heterocycles. The normalized spacial score (nSPS) is 21.7. The van der Waals surface area contributed by atoms with Crippen LogP contribution in [-0.2, 0) is 0 Å². The molecule has 1 aromatic rings. The third-order valence-electron chi connectivity index (χ3n) is 2.31. The predicted octanol–water partition coefficient (Wildman–Crippen LogP) is 2.21. The summed E-state index contributed by atoms with van der Waals surface area (Å²) in [6.07, 6.45) is 10.1. The van der Waals surface area contributed by atoms with Gasteiger partial charge in [0.15, 0.2) is 5.78 Å². The van der Waals surface area contributed by atoms with E-state index in [9.17, 15) is 4.79 Å². The van der Waals surface area contributed by atoms with E-state index < -0.39 is 0 Å². The van der Waals surface area contributed by atoms with Crippen LogP contribution in [0.15, 0.2) is 29.1 Å². The molecule has 0 fully saturated rings. The molecule has 0 N–H and O–H groups in total. The second-order valence-corrected chi connectivity index (χ2v) is 3.24. The van der Waals surface area contributed by atoms with E-state index in [-0.39, 0.29) is 11.7 Å². The molecule has 1 unspecified atom stereocenters. The summed E-state index contributed by atoms with van der Waals surface area (Å²) in [4.78, 5) is 11.7. The first-order valence-corrected chi connectivity index (χ1v) is 4.48. The number of carbonyl (C=O) groups excluding carboxylic acids is 1. The van der Waals surface area contributed by atoms with Crippen molar-refractivity contribution in [2.75, 3.05) is 0 Å². The van der Waals surface area contributed by atoms with Gasteiger partial charge in [-0.05, 0) is 19.3 Å². The Balaban J connectivity index is 2.13. The molecule has 2 rings (SSSR count). The van der Waals surface area contributed by atoms with Gasteiger partial charge in [-0.3, -0.25) is 4.79 Å². The highest BCUT2D eigenvalue weighted by atomic mass is 16.5. The molecule has 13 heavy (non-hydrogen) atoms. The van der Waals surface area contributed by atoms with Gasteiger partial charge >= 0.3 is 0 Å². The fourth-order valence-electron chi connectivity index (χ4n) is 1.57. The van der Waals surface area contributed by atoms with Crippen molar-refractivity contribution in [1.82, 2.24) is 5.16 Å². The lowest BCUT2D eigenvalue weighted by molar-refractivity contribution is 0.0936. The Morgan fingerprint density at radius 1 is 1.62 bits per heavy atom. The van der Waals surface area contributed by atoms with Crippen molar-refractivity contribution >= 4 is 5.78 Å². The number of ketones is 1. The zero-order chi connectivity index (χ0) is 9.10. The molecule has 0 spiro atoms. The molecule has 0 aliphatic heterocycles. The van der Waals surface area contributed by atoms with Crippen molar-refractivity contribution in [2.24, 2.45) is 5.92 Å². The van der Waals surface area contributed by atoms with Gasteiger partial charge in [-0.2, -0.15) is 0 Å². The van der Waals surface area contributed by atoms with Gasteiger partial charge < -0.3 is 4.52 Å². The van der Waals surface area contributed by atoms with Gasteiger partial charge in [-0.1, -0.05) is 17.3 Å². The summed E-state index contributed by atoms with van der Waals surface area (Å²) in [5.41, 5.74) is 0.580. The molecule has 0 saturated carbocycles. The van der Waals surface area contributed by atoms with Gasteiger partial charge in [0.1, 0.15) is 6.26 Å². The highest BCUT2D eigenvalue weighted by molar-refractivity contribution is 5.98. The van der Waals surface area contributed by atoms with Crippen LogP contribution in [0.2, 0.25) is 0 Å². The molecule has 0 saturated heterocycles. The molecule has 0 amide bonds. The summed E-state index contributed by atoms with van der Waals surface area (Å²) < 4.78 is 4.63. The molecule has 3 heteroatoms. The number of allylic oxidation sites excluding steroid dienone is 2. The van der Waals surface area contributed by atoms with Gasteiger partial charge in [-0.25, -0.2) is 0 Å². The fourth-order valence-corrected chi connectivity index (χ4v) is 1.57. The SMILES string of the molecule is O=C(c1cnoc1)C1C=CCCC1. The van der Waals surface area contributed by atoms with Gasteiger partial charge in [0, 0.05) is 5.92 Å². The number of Topliss-reactive ketones (excluding diaryl/α,β-unsaturated/α-hetero) is 1. The zero-order valence-electron chi connectivity index (χ0n) is 7.27. The van der Waals surface area contributed by atoms with E-state index in [1.807, 2.05) is 6.08 Å². The van der Waals surface area contributed by atoms with Gasteiger partial charge in [0.2, 0.25) is 0 Å². The second-order valence-electron chi connectivity index (χ2n) is 3.24. The average molecular weight is 177 g/mol. The smallest absolute Gasteiger partial charge is 0.174 e. The van der Waals surface area contributed by atoms with E-state index >= 15 is 0 Å². The number of rotatable bonds is 2. The molecule has 68 valence electrons. The van der Waals surface area contributed by atoms with Crippen molar-refractivity contribution < 1.29 is 9.32 Å². The Kier molecular flexibility index (Phi) is 2.25. The molecule has 1 atom stereocenters. The highest BCUT2D eigenvalue weighted by Gasteiger charge is 2.19. The first-order valence-electron chi connectivity index (χ1n) is 4.48. The molecular weight excluding hydrogens is 166 g/mol. The Morgan fingerprint density at radius 3 is 3.15 bits per heavy atom. The summed E-state index contributed by atoms with van der Waals surface area (Å²) in [5, 5.41) is 3.52. The van der Waals surface area contributed by atoms with Crippen LogP contribution in [-0.4, -0.2) is 10.9 Å². The fraction of sp³-hybridized carbons (Fsp3) is 0.400. The summed E-state index contributed by atoms with van der Waals surface area (Å²) in [6, 6.07) is 0. The van der Waals surface area contributed by atoms with E-state index in [1.54, 1.807) is 0 Å². The minimum Gasteiger partial charge on any atom is -0.364 e. The van der Waals surface area contributed by atoms with Crippen LogP contribution in [0.4, 0.5) is 0 Å². The van der Waals surface area contributed by atoms with E-state index in [1.165, 1.54) is 12.5 Å². The number of aromatic nitrogens is 1. The van der Waals surface area contributed by atoms with Crippen LogP contribution < -0.4 is 0 Å². The van der Waals surface area contributed by atoms with Crippen molar-refractivity contribution in [2.45, 2.75) is 19.3 Å². The summed E-state index contributed by atoms with van der Waals surface area (Å²) in [5.74, 6) is 0.158. The maximum Gasteiger partial charge on any atom is 0.174 e. The largest absolute Gasteiger partial charge is 0.364 e. The lowest BCUT2D eigenvalue weighted by Crippen LogP contribution is -2.13. The lowest BCUT2D eigenvalue weighted by atomic mass is 9.90. The molecule has 1 aliphatic rings. The first kappa shape index (κ1) is 8.23. The molecule has 1 aromatic heterocycles. The maximum atomic E-state index is 11.7. The van der Waals surface area contributed by atoms with E-state index in [2.05, 4.69) is 15.8 Å². The Morgan fingerprint density at radius 2 is 2.54 bits per heavy atom. The van der Waals surface area contributed by atoms with E-state index in [4.69, 9.17) is 0 Å². The number of nitrogens with zero attached hydrogens (tertiary/aromatic N) is 1. The van der Waals surface area contributed by atoms with Crippen molar-refractivity contribution in [3.05, 3.63) is 30.2 Å². The van der Waals surface area contributed by atoms with Crippen LogP contribution in [0.25, 0.3) is 0 Å². The van der Waals surface area contributed by atoms with Crippen molar-refractivity contribution in [3.63, 3.8) is 0 Å². The predicted molar refractivity (Wildman–Crippen MR) is 47.3 cm³/mol. The summed E-state index contributed by atoms with van der Waals surface area (Å²) in [6.45, 7) is 0. The maximum absolute atomic E-state index is 11.7. The second kappa shape index (κ2) is 3.56. The van der Waals surface area contributed by atoms with Crippen LogP contribution in [0.1, 0.15) is 29.6 Å². The molecule has 0 radical (unpaired) electrons. The first-order chi connectivity index (χ1) is 6.38.